The lowest BCUT2D eigenvalue weighted by atomic mass is 9.78. The van der Waals surface area contributed by atoms with Gasteiger partial charge in [0.15, 0.2) is 0 Å². The summed E-state index contributed by atoms with van der Waals surface area (Å²) in [7, 11) is 0. The number of hydrogen-bond acceptors (Lipinski definition) is 3. The molecule has 0 aromatic heterocycles. The van der Waals surface area contributed by atoms with Crippen molar-refractivity contribution >= 4 is 29.2 Å². The van der Waals surface area contributed by atoms with Crippen LogP contribution in [0.2, 0.25) is 0 Å². The zero-order valence-electron chi connectivity index (χ0n) is 13.9. The molecular weight excluding hydrogens is 308 g/mol. The Morgan fingerprint density at radius 3 is 2.08 bits per heavy atom. The van der Waals surface area contributed by atoms with E-state index in [9.17, 15) is 19.5 Å². The third kappa shape index (κ3) is 4.81. The van der Waals surface area contributed by atoms with Gasteiger partial charge >= 0.3 is 5.97 Å². The second-order valence-electron chi connectivity index (χ2n) is 6.20. The fourth-order valence-corrected chi connectivity index (χ4v) is 3.06. The third-order valence-corrected chi connectivity index (χ3v) is 4.33. The van der Waals surface area contributed by atoms with E-state index < -0.39 is 17.8 Å². The molecule has 3 N–H and O–H groups in total. The van der Waals surface area contributed by atoms with Crippen molar-refractivity contribution in [2.75, 3.05) is 10.6 Å². The van der Waals surface area contributed by atoms with Crippen molar-refractivity contribution in [1.82, 2.24) is 0 Å². The lowest BCUT2D eigenvalue weighted by molar-refractivity contribution is -0.147. The number of amides is 2. The highest BCUT2D eigenvalue weighted by atomic mass is 16.4. The molecule has 0 bridgehead atoms. The standard InChI is InChI=1S/C18H24N2O4/c1-2-5-16(21)19-12-8-10-13(11-9-12)20-17(22)14-6-3-4-7-15(14)18(23)24/h8-11,14-15H,2-7H2,1H3,(H,19,21)(H,20,22)(H,23,24)/t14-,15+/m0/s1. The van der Waals surface area contributed by atoms with E-state index in [1.807, 2.05) is 6.92 Å². The summed E-state index contributed by atoms with van der Waals surface area (Å²) in [6.45, 7) is 1.94. The first-order valence-corrected chi connectivity index (χ1v) is 8.45. The fourth-order valence-electron chi connectivity index (χ4n) is 3.06. The van der Waals surface area contributed by atoms with Crippen molar-refractivity contribution in [1.29, 1.82) is 0 Å². The zero-order chi connectivity index (χ0) is 17.5. The molecule has 6 nitrogen and oxygen atoms in total. The topological polar surface area (TPSA) is 95.5 Å². The lowest BCUT2D eigenvalue weighted by Gasteiger charge is -2.27. The van der Waals surface area contributed by atoms with Gasteiger partial charge in [-0.3, -0.25) is 14.4 Å². The molecule has 0 aliphatic heterocycles. The quantitative estimate of drug-likeness (QED) is 0.745. The maximum atomic E-state index is 12.4. The molecule has 2 amide bonds. The van der Waals surface area contributed by atoms with Gasteiger partial charge in [-0.05, 0) is 43.5 Å². The first-order valence-electron chi connectivity index (χ1n) is 8.45. The summed E-state index contributed by atoms with van der Waals surface area (Å²) in [6.07, 6.45) is 4.14. The van der Waals surface area contributed by atoms with Gasteiger partial charge in [0, 0.05) is 17.8 Å². The van der Waals surface area contributed by atoms with Crippen molar-refractivity contribution < 1.29 is 19.5 Å². The second-order valence-corrected chi connectivity index (χ2v) is 6.20. The van der Waals surface area contributed by atoms with Gasteiger partial charge in [0.2, 0.25) is 11.8 Å². The van der Waals surface area contributed by atoms with Gasteiger partial charge in [-0.1, -0.05) is 19.8 Å². The Morgan fingerprint density at radius 2 is 1.54 bits per heavy atom. The molecule has 0 radical (unpaired) electrons. The van der Waals surface area contributed by atoms with Crippen molar-refractivity contribution in [3.8, 4) is 0 Å². The zero-order valence-corrected chi connectivity index (χ0v) is 13.9. The van der Waals surface area contributed by atoms with E-state index in [0.29, 0.717) is 30.6 Å². The first kappa shape index (κ1) is 18.0. The minimum atomic E-state index is -0.899. The number of anilines is 2. The molecule has 6 heteroatoms. The molecule has 1 aromatic carbocycles. The van der Waals surface area contributed by atoms with Crippen molar-refractivity contribution in [3.63, 3.8) is 0 Å². The molecule has 1 aliphatic carbocycles. The maximum absolute atomic E-state index is 12.4. The van der Waals surface area contributed by atoms with Gasteiger partial charge in [0.1, 0.15) is 0 Å². The summed E-state index contributed by atoms with van der Waals surface area (Å²) in [6, 6.07) is 6.85. The van der Waals surface area contributed by atoms with E-state index in [2.05, 4.69) is 10.6 Å². The monoisotopic (exact) mass is 332 g/mol. The lowest BCUT2D eigenvalue weighted by Crippen LogP contribution is -2.36. The summed E-state index contributed by atoms with van der Waals surface area (Å²) in [5.41, 5.74) is 1.27. The number of carboxylic acids is 1. The van der Waals surface area contributed by atoms with Crippen molar-refractivity contribution in [2.24, 2.45) is 11.8 Å². The fraction of sp³-hybridized carbons (Fsp3) is 0.500. The summed E-state index contributed by atoms with van der Waals surface area (Å²) in [5, 5.41) is 14.8. The number of carboxylic acid groups (broad SMARTS) is 1. The number of carbonyl (C=O) groups is 3. The molecule has 0 spiro atoms. The molecule has 2 rings (SSSR count). The number of rotatable bonds is 6. The van der Waals surface area contributed by atoms with Crippen LogP contribution in [0, 0.1) is 11.8 Å². The van der Waals surface area contributed by atoms with E-state index >= 15 is 0 Å². The van der Waals surface area contributed by atoms with Crippen LogP contribution in [-0.2, 0) is 14.4 Å². The van der Waals surface area contributed by atoms with E-state index in [-0.39, 0.29) is 11.8 Å². The van der Waals surface area contributed by atoms with Crippen LogP contribution in [0.15, 0.2) is 24.3 Å². The maximum Gasteiger partial charge on any atom is 0.307 e. The van der Waals surface area contributed by atoms with Crippen molar-refractivity contribution in [3.05, 3.63) is 24.3 Å². The molecule has 1 fully saturated rings. The van der Waals surface area contributed by atoms with Gasteiger partial charge in [-0.15, -0.1) is 0 Å². The van der Waals surface area contributed by atoms with Crippen LogP contribution in [0.4, 0.5) is 11.4 Å². The molecule has 2 atom stereocenters. The van der Waals surface area contributed by atoms with Crippen LogP contribution in [-0.4, -0.2) is 22.9 Å². The van der Waals surface area contributed by atoms with Gasteiger partial charge in [0.25, 0.3) is 0 Å². The minimum absolute atomic E-state index is 0.0409. The summed E-state index contributed by atoms with van der Waals surface area (Å²) in [5.74, 6) is -2.28. The number of nitrogens with one attached hydrogen (secondary N) is 2. The predicted octanol–water partition coefficient (Wildman–Crippen LogP) is 3.25. The average Bonchev–Trinajstić information content (AvgIpc) is 2.56. The molecular formula is C18H24N2O4. The van der Waals surface area contributed by atoms with Crippen LogP contribution in [0.3, 0.4) is 0 Å². The highest BCUT2D eigenvalue weighted by Gasteiger charge is 2.35. The Hall–Kier alpha value is -2.37. The minimum Gasteiger partial charge on any atom is -0.481 e. The summed E-state index contributed by atoms with van der Waals surface area (Å²) < 4.78 is 0. The average molecular weight is 332 g/mol. The SMILES string of the molecule is CCCC(=O)Nc1ccc(NC(=O)[C@H]2CCCC[C@H]2C(=O)O)cc1. The van der Waals surface area contributed by atoms with Crippen LogP contribution in [0.1, 0.15) is 45.4 Å². The normalized spacial score (nSPS) is 20.2. The van der Waals surface area contributed by atoms with Crippen LogP contribution in [0.5, 0.6) is 0 Å². The molecule has 130 valence electrons. The smallest absolute Gasteiger partial charge is 0.307 e. The molecule has 1 aliphatic rings. The molecule has 0 heterocycles. The van der Waals surface area contributed by atoms with E-state index in [1.165, 1.54) is 0 Å². The molecule has 0 saturated heterocycles. The van der Waals surface area contributed by atoms with Crippen LogP contribution < -0.4 is 10.6 Å². The first-order chi connectivity index (χ1) is 11.5. The number of carbonyl (C=O) groups excluding carboxylic acids is 2. The van der Waals surface area contributed by atoms with E-state index in [1.54, 1.807) is 24.3 Å². The van der Waals surface area contributed by atoms with Crippen molar-refractivity contribution in [2.45, 2.75) is 45.4 Å². The Kier molecular flexibility index (Phi) is 6.35. The van der Waals surface area contributed by atoms with Gasteiger partial charge in [-0.2, -0.15) is 0 Å². The highest BCUT2D eigenvalue weighted by Crippen LogP contribution is 2.31. The van der Waals surface area contributed by atoms with Crippen LogP contribution in [0.25, 0.3) is 0 Å². The van der Waals surface area contributed by atoms with Gasteiger partial charge in [0.05, 0.1) is 11.8 Å². The Bertz CT molecular complexity index is 598. The number of aliphatic carboxylic acids is 1. The van der Waals surface area contributed by atoms with Gasteiger partial charge in [-0.25, -0.2) is 0 Å². The largest absolute Gasteiger partial charge is 0.481 e. The van der Waals surface area contributed by atoms with E-state index in [4.69, 9.17) is 0 Å². The van der Waals surface area contributed by atoms with Gasteiger partial charge < -0.3 is 15.7 Å². The Labute approximate surface area is 141 Å². The molecule has 24 heavy (non-hydrogen) atoms. The molecule has 1 saturated carbocycles. The second kappa shape index (κ2) is 8.47. The summed E-state index contributed by atoms with van der Waals surface area (Å²) in [4.78, 5) is 35.2. The van der Waals surface area contributed by atoms with E-state index in [0.717, 1.165) is 19.3 Å². The third-order valence-electron chi connectivity index (χ3n) is 4.33. The predicted molar refractivity (Wildman–Crippen MR) is 91.7 cm³/mol. The molecule has 1 aromatic rings. The Balaban J connectivity index is 1.96. The Morgan fingerprint density at radius 1 is 1.00 bits per heavy atom. The molecule has 0 unspecified atom stereocenters. The highest BCUT2D eigenvalue weighted by molar-refractivity contribution is 5.96. The number of benzene rings is 1. The number of hydrogen-bond donors (Lipinski definition) is 3. The summed E-state index contributed by atoms with van der Waals surface area (Å²) >= 11 is 0. The van der Waals surface area contributed by atoms with Crippen LogP contribution >= 0.6 is 0 Å².